The summed E-state index contributed by atoms with van der Waals surface area (Å²) in [5.74, 6) is -0.0604. The lowest BCUT2D eigenvalue weighted by Gasteiger charge is -2.32. The van der Waals surface area contributed by atoms with Gasteiger partial charge in [-0.25, -0.2) is 0 Å². The molecule has 0 saturated carbocycles. The van der Waals surface area contributed by atoms with Crippen molar-refractivity contribution in [3.05, 3.63) is 64.4 Å². The first-order valence-electron chi connectivity index (χ1n) is 7.29. The van der Waals surface area contributed by atoms with Crippen molar-refractivity contribution in [3.8, 4) is 0 Å². The third-order valence-corrected chi connectivity index (χ3v) is 6.70. The van der Waals surface area contributed by atoms with E-state index in [1.54, 1.807) is 23.5 Å². The summed E-state index contributed by atoms with van der Waals surface area (Å²) >= 11 is 3.40. The molecule has 3 rings (SSSR count). The minimum Gasteiger partial charge on any atom is -0.380 e. The first kappa shape index (κ1) is 15.7. The van der Waals surface area contributed by atoms with Crippen LogP contribution in [0.3, 0.4) is 0 Å². The number of hydrogen-bond acceptors (Lipinski definition) is 3. The van der Waals surface area contributed by atoms with E-state index in [1.165, 1.54) is 15.0 Å². The summed E-state index contributed by atoms with van der Waals surface area (Å²) < 4.78 is 1.17. The van der Waals surface area contributed by atoms with E-state index in [2.05, 4.69) is 49.4 Å². The molecule has 1 aliphatic rings. The van der Waals surface area contributed by atoms with Crippen LogP contribution in [0, 0.1) is 5.92 Å². The van der Waals surface area contributed by atoms with Crippen LogP contribution in [0.15, 0.2) is 53.3 Å². The second-order valence-electron chi connectivity index (χ2n) is 5.57. The van der Waals surface area contributed by atoms with Crippen molar-refractivity contribution in [3.63, 3.8) is 0 Å². The van der Waals surface area contributed by atoms with Gasteiger partial charge >= 0.3 is 0 Å². The van der Waals surface area contributed by atoms with E-state index in [-0.39, 0.29) is 5.92 Å². The lowest BCUT2D eigenvalue weighted by molar-refractivity contribution is 0.0672. The molecule has 2 aromatic carbocycles. The van der Waals surface area contributed by atoms with Gasteiger partial charge in [0.25, 0.3) is 0 Å². The molecule has 0 saturated heterocycles. The molecule has 0 radical (unpaired) electrons. The van der Waals surface area contributed by atoms with Crippen LogP contribution < -0.4 is 0 Å². The lowest BCUT2D eigenvalue weighted by Crippen LogP contribution is -2.31. The third-order valence-electron chi connectivity index (χ3n) is 4.55. The second kappa shape index (κ2) is 5.80. The molecule has 0 aliphatic heterocycles. The molecule has 0 heterocycles. The van der Waals surface area contributed by atoms with Gasteiger partial charge in [0, 0.05) is 15.7 Å². The van der Waals surface area contributed by atoms with Crippen LogP contribution in [0.4, 0.5) is 0 Å². The Morgan fingerprint density at radius 1 is 1.18 bits per heavy atom. The van der Waals surface area contributed by atoms with Gasteiger partial charge in [-0.2, -0.15) is 0 Å². The summed E-state index contributed by atoms with van der Waals surface area (Å²) in [6.07, 6.45) is 5.99. The van der Waals surface area contributed by atoms with Gasteiger partial charge in [-0.05, 0) is 34.4 Å². The molecule has 0 fully saturated rings. The molecule has 0 aromatic heterocycles. The lowest BCUT2D eigenvalue weighted by atomic mass is 9.80. The number of benzene rings is 2. The smallest absolute Gasteiger partial charge is 0.123 e. The average Bonchev–Trinajstić information content (AvgIpc) is 2.81. The van der Waals surface area contributed by atoms with Gasteiger partial charge in [-0.1, -0.05) is 49.4 Å². The van der Waals surface area contributed by atoms with Gasteiger partial charge in [0.05, 0.1) is 0 Å². The molecule has 2 atom stereocenters. The van der Waals surface area contributed by atoms with E-state index in [0.717, 1.165) is 16.7 Å². The molecule has 2 unspecified atom stereocenters. The highest BCUT2D eigenvalue weighted by molar-refractivity contribution is 8.21. The fourth-order valence-electron chi connectivity index (χ4n) is 3.40. The Hall–Kier alpha value is -1.16. The van der Waals surface area contributed by atoms with Crippen LogP contribution in [0.25, 0.3) is 16.3 Å². The van der Waals surface area contributed by atoms with Crippen molar-refractivity contribution in [2.24, 2.45) is 5.92 Å². The van der Waals surface area contributed by atoms with Crippen molar-refractivity contribution in [1.29, 1.82) is 0 Å². The van der Waals surface area contributed by atoms with Gasteiger partial charge < -0.3 is 5.11 Å². The van der Waals surface area contributed by atoms with Crippen LogP contribution in [-0.4, -0.2) is 17.6 Å². The average molecular weight is 329 g/mol. The minimum absolute atomic E-state index is 0.0604. The number of aliphatic hydroxyl groups is 1. The van der Waals surface area contributed by atoms with Gasteiger partial charge in [-0.15, -0.1) is 30.1 Å². The van der Waals surface area contributed by atoms with Crippen LogP contribution in [0.5, 0.6) is 0 Å². The second-order valence-corrected chi connectivity index (χ2v) is 7.46. The quantitative estimate of drug-likeness (QED) is 0.773. The molecule has 22 heavy (non-hydrogen) atoms. The summed E-state index contributed by atoms with van der Waals surface area (Å²) in [4.78, 5) is 0. The Morgan fingerprint density at radius 3 is 2.41 bits per heavy atom. The zero-order valence-corrected chi connectivity index (χ0v) is 14.7. The number of rotatable bonds is 4. The van der Waals surface area contributed by atoms with Crippen LogP contribution in [0.2, 0.25) is 0 Å². The van der Waals surface area contributed by atoms with E-state index < -0.39 is 5.60 Å². The Kier molecular flexibility index (Phi) is 4.15. The minimum atomic E-state index is -1.01. The molecule has 0 spiro atoms. The normalized spacial score (nSPS) is 21.2. The number of hydrogen-bond donors (Lipinski definition) is 1. The predicted octanol–water partition coefficient (Wildman–Crippen LogP) is 5.26. The van der Waals surface area contributed by atoms with Crippen LogP contribution >= 0.6 is 23.5 Å². The third kappa shape index (κ3) is 1.99. The van der Waals surface area contributed by atoms with Gasteiger partial charge in [-0.3, -0.25) is 0 Å². The molecule has 1 N–H and O–H groups in total. The van der Waals surface area contributed by atoms with Crippen LogP contribution in [0.1, 0.15) is 18.1 Å². The van der Waals surface area contributed by atoms with Crippen molar-refractivity contribution in [1.82, 2.24) is 0 Å². The molecule has 0 bridgehead atoms. The Bertz CT molecular complexity index is 767. The monoisotopic (exact) mass is 328 g/mol. The summed E-state index contributed by atoms with van der Waals surface area (Å²) in [7, 11) is 0. The van der Waals surface area contributed by atoms with Gasteiger partial charge in [0.1, 0.15) is 5.60 Å². The molecule has 3 heteroatoms. The van der Waals surface area contributed by atoms with E-state index in [0.29, 0.717) is 0 Å². The standard InChI is InChI=1S/C19H20OS2/c1-5-12(2)19(20)15-11-7-9-13-8-6-10-14(16(13)15)17(19)18(21-3)22-4/h5-12,20H,1H2,2-4H3. The largest absolute Gasteiger partial charge is 0.380 e. The molecule has 114 valence electrons. The summed E-state index contributed by atoms with van der Waals surface area (Å²) in [5.41, 5.74) is 2.19. The van der Waals surface area contributed by atoms with Crippen molar-refractivity contribution in [2.45, 2.75) is 12.5 Å². The zero-order chi connectivity index (χ0) is 15.9. The van der Waals surface area contributed by atoms with E-state index >= 15 is 0 Å². The summed E-state index contributed by atoms with van der Waals surface area (Å²) in [5, 5.41) is 14.1. The van der Waals surface area contributed by atoms with Crippen molar-refractivity contribution < 1.29 is 5.11 Å². The molecular weight excluding hydrogens is 308 g/mol. The fraction of sp³-hybridized carbons (Fsp3) is 0.263. The van der Waals surface area contributed by atoms with E-state index in [4.69, 9.17) is 0 Å². The van der Waals surface area contributed by atoms with Gasteiger partial charge in [0.15, 0.2) is 0 Å². The molecule has 0 amide bonds. The Balaban J connectivity index is 2.47. The first-order chi connectivity index (χ1) is 10.6. The van der Waals surface area contributed by atoms with Crippen molar-refractivity contribution >= 4 is 39.9 Å². The van der Waals surface area contributed by atoms with Crippen LogP contribution in [-0.2, 0) is 5.60 Å². The molecular formula is C19H20OS2. The molecule has 1 aliphatic carbocycles. The Morgan fingerprint density at radius 2 is 1.82 bits per heavy atom. The molecule has 2 aromatic rings. The maximum Gasteiger partial charge on any atom is 0.123 e. The summed E-state index contributed by atoms with van der Waals surface area (Å²) in [6, 6.07) is 12.5. The van der Waals surface area contributed by atoms with Crippen molar-refractivity contribution in [2.75, 3.05) is 12.5 Å². The number of thioether (sulfide) groups is 2. The topological polar surface area (TPSA) is 20.2 Å². The maximum absolute atomic E-state index is 11.7. The SMILES string of the molecule is C=CC(C)C1(O)C(=C(SC)SC)c2cccc3cccc1c23. The highest BCUT2D eigenvalue weighted by atomic mass is 32.2. The predicted molar refractivity (Wildman–Crippen MR) is 101 cm³/mol. The highest BCUT2D eigenvalue weighted by Crippen LogP contribution is 2.56. The molecule has 1 nitrogen and oxygen atoms in total. The Labute approximate surface area is 140 Å². The fourth-order valence-corrected chi connectivity index (χ4v) is 5.01. The first-order valence-corrected chi connectivity index (χ1v) is 9.74. The van der Waals surface area contributed by atoms with Gasteiger partial charge in [0.2, 0.25) is 0 Å². The highest BCUT2D eigenvalue weighted by Gasteiger charge is 2.46. The van der Waals surface area contributed by atoms with E-state index in [9.17, 15) is 5.11 Å². The zero-order valence-electron chi connectivity index (χ0n) is 13.1. The van der Waals surface area contributed by atoms with E-state index in [1.807, 2.05) is 19.1 Å². The summed E-state index contributed by atoms with van der Waals surface area (Å²) in [6.45, 7) is 5.96. The maximum atomic E-state index is 11.7.